The van der Waals surface area contributed by atoms with Gasteiger partial charge < -0.3 is 14.6 Å². The molecule has 0 saturated carbocycles. The van der Waals surface area contributed by atoms with Crippen LogP contribution in [0.25, 0.3) is 0 Å². The van der Waals surface area contributed by atoms with Gasteiger partial charge in [0, 0.05) is 19.6 Å². The average molecular weight is 301 g/mol. The number of carbonyl (C=O) groups is 1. The van der Waals surface area contributed by atoms with Crippen molar-refractivity contribution < 1.29 is 19.6 Å². The normalized spacial score (nSPS) is 25.5. The van der Waals surface area contributed by atoms with Crippen molar-refractivity contribution in [2.45, 2.75) is 25.7 Å². The number of rotatable bonds is 5. The van der Waals surface area contributed by atoms with Gasteiger partial charge in [-0.05, 0) is 45.2 Å². The Labute approximate surface area is 124 Å². The Balaban J connectivity index is 1.68. The summed E-state index contributed by atoms with van der Waals surface area (Å²) in [5.41, 5.74) is 0. The predicted molar refractivity (Wildman–Crippen MR) is 73.6 cm³/mol. The molecule has 8 heteroatoms. The second-order valence-electron chi connectivity index (χ2n) is 5.90. The first kappa shape index (κ1) is 16.0. The van der Waals surface area contributed by atoms with Gasteiger partial charge in [-0.1, -0.05) is 0 Å². The molecule has 2 heterocycles. The topological polar surface area (TPSA) is 85.2 Å². The molecule has 0 aromatic carbocycles. The molecule has 21 heavy (non-hydrogen) atoms. The van der Waals surface area contributed by atoms with Crippen LogP contribution in [0, 0.1) is 22.0 Å². The molecule has 120 valence electrons. The van der Waals surface area contributed by atoms with Crippen LogP contribution < -0.4 is 0 Å². The summed E-state index contributed by atoms with van der Waals surface area (Å²) in [5.74, 6) is -0.0352. The molecule has 8 nitrogen and oxygen atoms in total. The van der Waals surface area contributed by atoms with E-state index in [1.54, 1.807) is 5.06 Å². The van der Waals surface area contributed by atoms with Crippen molar-refractivity contribution in [2.75, 3.05) is 39.8 Å². The highest BCUT2D eigenvalue weighted by atomic mass is 16.9. The van der Waals surface area contributed by atoms with Gasteiger partial charge in [-0.2, -0.15) is 0 Å². The van der Waals surface area contributed by atoms with E-state index >= 15 is 0 Å². The fourth-order valence-corrected chi connectivity index (χ4v) is 2.89. The van der Waals surface area contributed by atoms with Crippen molar-refractivity contribution in [2.24, 2.45) is 11.8 Å². The highest BCUT2D eigenvalue weighted by Gasteiger charge is 2.29. The Morgan fingerprint density at radius 1 is 1.29 bits per heavy atom. The Morgan fingerprint density at radius 3 is 2.62 bits per heavy atom. The van der Waals surface area contributed by atoms with Crippen LogP contribution in [-0.4, -0.2) is 60.9 Å². The van der Waals surface area contributed by atoms with Crippen LogP contribution in [0.5, 0.6) is 0 Å². The number of hydroxylamine groups is 2. The maximum atomic E-state index is 12.1. The summed E-state index contributed by atoms with van der Waals surface area (Å²) in [6, 6.07) is 0. The fourth-order valence-electron chi connectivity index (χ4n) is 2.89. The second kappa shape index (κ2) is 7.56. The molecule has 0 aliphatic carbocycles. The van der Waals surface area contributed by atoms with Gasteiger partial charge in [-0.25, -0.2) is 0 Å². The lowest BCUT2D eigenvalue weighted by molar-refractivity contribution is -0.759. The van der Waals surface area contributed by atoms with E-state index in [0.29, 0.717) is 13.1 Å². The number of nitrogens with zero attached hydrogens (tertiary/aromatic N) is 3. The van der Waals surface area contributed by atoms with Crippen molar-refractivity contribution in [1.29, 1.82) is 0 Å². The van der Waals surface area contributed by atoms with Crippen molar-refractivity contribution >= 4 is 5.97 Å². The van der Waals surface area contributed by atoms with Gasteiger partial charge in [0.05, 0.1) is 12.5 Å². The van der Waals surface area contributed by atoms with Crippen LogP contribution >= 0.6 is 0 Å². The zero-order valence-corrected chi connectivity index (χ0v) is 12.4. The number of carbonyl (C=O) groups excluding carboxylic acids is 1. The third-order valence-electron chi connectivity index (χ3n) is 4.17. The number of piperidine rings is 2. The maximum absolute atomic E-state index is 12.1. The third kappa shape index (κ3) is 5.13. The minimum Gasteiger partial charge on any atom is -0.368 e. The summed E-state index contributed by atoms with van der Waals surface area (Å²) in [7, 11) is 2.01. The lowest BCUT2D eigenvalue weighted by Gasteiger charge is -2.33. The van der Waals surface area contributed by atoms with Crippen LogP contribution in [0.15, 0.2) is 0 Å². The smallest absolute Gasteiger partial charge is 0.329 e. The molecule has 0 aromatic heterocycles. The van der Waals surface area contributed by atoms with Crippen LogP contribution in [0.4, 0.5) is 0 Å². The van der Waals surface area contributed by atoms with E-state index in [9.17, 15) is 14.9 Å². The van der Waals surface area contributed by atoms with Gasteiger partial charge in [-0.3, -0.25) is 4.79 Å². The monoisotopic (exact) mass is 301 g/mol. The number of likely N-dealkylation sites (tertiary alicyclic amines) is 1. The van der Waals surface area contributed by atoms with E-state index in [1.165, 1.54) is 0 Å². The van der Waals surface area contributed by atoms with E-state index in [-0.39, 0.29) is 24.4 Å². The van der Waals surface area contributed by atoms with Crippen LogP contribution in [-0.2, 0) is 14.5 Å². The second-order valence-corrected chi connectivity index (χ2v) is 5.90. The predicted octanol–water partition coefficient (Wildman–Crippen LogP) is 0.707. The SMILES string of the molecule is CN1CCCC(C(=O)ON2CCC(CO[N+](=O)[O-])CC2)C1. The van der Waals surface area contributed by atoms with E-state index < -0.39 is 5.09 Å². The Bertz CT molecular complexity index is 371. The highest BCUT2D eigenvalue weighted by Crippen LogP contribution is 2.21. The first-order valence-corrected chi connectivity index (χ1v) is 7.47. The Kier molecular flexibility index (Phi) is 5.75. The summed E-state index contributed by atoms with van der Waals surface area (Å²) in [4.78, 5) is 34.2. The van der Waals surface area contributed by atoms with Gasteiger partial charge in [0.25, 0.3) is 5.09 Å². The van der Waals surface area contributed by atoms with Crippen molar-refractivity contribution in [3.8, 4) is 0 Å². The zero-order chi connectivity index (χ0) is 15.2. The Hall–Kier alpha value is -1.41. The van der Waals surface area contributed by atoms with Gasteiger partial charge in [0.1, 0.15) is 0 Å². The molecule has 0 spiro atoms. The molecular formula is C13H23N3O5. The number of hydrogen-bond donors (Lipinski definition) is 0. The molecular weight excluding hydrogens is 278 g/mol. The van der Waals surface area contributed by atoms with Crippen molar-refractivity contribution in [3.63, 3.8) is 0 Å². The van der Waals surface area contributed by atoms with Gasteiger partial charge in [0.2, 0.25) is 0 Å². The van der Waals surface area contributed by atoms with Crippen molar-refractivity contribution in [1.82, 2.24) is 9.96 Å². The largest absolute Gasteiger partial charge is 0.368 e. The summed E-state index contributed by atoms with van der Waals surface area (Å²) in [5, 5.41) is 11.1. The lowest BCUT2D eigenvalue weighted by atomic mass is 9.98. The minimum atomic E-state index is -0.758. The standard InChI is InChI=1S/C13H23N3O5/c1-14-6-2-3-12(9-14)13(17)21-15-7-4-11(5-8-15)10-20-16(18)19/h11-12H,2-10H2,1H3. The summed E-state index contributed by atoms with van der Waals surface area (Å²) < 4.78 is 0. The summed E-state index contributed by atoms with van der Waals surface area (Å²) in [6.45, 7) is 3.14. The van der Waals surface area contributed by atoms with E-state index in [0.717, 1.165) is 38.8 Å². The molecule has 2 aliphatic rings. The molecule has 1 unspecified atom stereocenters. The molecule has 0 bridgehead atoms. The average Bonchev–Trinajstić information content (AvgIpc) is 2.46. The van der Waals surface area contributed by atoms with E-state index in [1.807, 2.05) is 7.05 Å². The zero-order valence-electron chi connectivity index (χ0n) is 12.4. The quantitative estimate of drug-likeness (QED) is 0.546. The van der Waals surface area contributed by atoms with Crippen LogP contribution in [0.3, 0.4) is 0 Å². The minimum absolute atomic E-state index is 0.0423. The molecule has 2 saturated heterocycles. The third-order valence-corrected chi connectivity index (χ3v) is 4.17. The lowest BCUT2D eigenvalue weighted by Crippen LogP contribution is -2.42. The molecule has 0 N–H and O–H groups in total. The molecule has 0 amide bonds. The van der Waals surface area contributed by atoms with Gasteiger partial charge >= 0.3 is 5.97 Å². The van der Waals surface area contributed by atoms with E-state index in [4.69, 9.17) is 4.84 Å². The van der Waals surface area contributed by atoms with E-state index in [2.05, 4.69) is 9.74 Å². The summed E-state index contributed by atoms with van der Waals surface area (Å²) >= 11 is 0. The molecule has 2 fully saturated rings. The first-order valence-electron chi connectivity index (χ1n) is 7.47. The molecule has 2 aliphatic heterocycles. The molecule has 2 rings (SSSR count). The van der Waals surface area contributed by atoms with Crippen molar-refractivity contribution in [3.05, 3.63) is 10.1 Å². The summed E-state index contributed by atoms with van der Waals surface area (Å²) in [6.07, 6.45) is 3.39. The van der Waals surface area contributed by atoms with Crippen LogP contribution in [0.1, 0.15) is 25.7 Å². The Morgan fingerprint density at radius 2 is 2.00 bits per heavy atom. The van der Waals surface area contributed by atoms with Gasteiger partial charge in [-0.15, -0.1) is 15.2 Å². The highest BCUT2D eigenvalue weighted by molar-refractivity contribution is 5.72. The van der Waals surface area contributed by atoms with Crippen LogP contribution in [0.2, 0.25) is 0 Å². The van der Waals surface area contributed by atoms with Gasteiger partial charge in [0.15, 0.2) is 0 Å². The molecule has 1 atom stereocenters. The maximum Gasteiger partial charge on any atom is 0.329 e. The first-order chi connectivity index (χ1) is 10.0. The molecule has 0 radical (unpaired) electrons. The molecule has 0 aromatic rings. The number of hydrogen-bond acceptors (Lipinski definition) is 7. The fraction of sp³-hybridized carbons (Fsp3) is 0.923.